The van der Waals surface area contributed by atoms with E-state index in [1.165, 1.54) is 11.1 Å². The molecule has 3 heteroatoms. The zero-order valence-corrected chi connectivity index (χ0v) is 8.85. The van der Waals surface area contributed by atoms with Crippen molar-refractivity contribution in [1.29, 1.82) is 0 Å². The van der Waals surface area contributed by atoms with Crippen LogP contribution in [0, 0.1) is 6.92 Å². The van der Waals surface area contributed by atoms with E-state index < -0.39 is 0 Å². The van der Waals surface area contributed by atoms with Crippen molar-refractivity contribution in [2.24, 2.45) is 5.84 Å². The fourth-order valence-corrected chi connectivity index (χ4v) is 1.37. The Bertz CT molecular complexity index is 273. The van der Waals surface area contributed by atoms with Crippen molar-refractivity contribution in [1.82, 2.24) is 5.43 Å². The summed E-state index contributed by atoms with van der Waals surface area (Å²) >= 11 is 3.47. The molecule has 1 atom stereocenters. The molecule has 3 N–H and O–H groups in total. The highest BCUT2D eigenvalue weighted by Crippen LogP contribution is 2.20. The molecular formula is C9H13BrN2. The molecule has 0 fully saturated rings. The first-order valence-corrected chi connectivity index (χ1v) is 4.66. The first-order chi connectivity index (χ1) is 5.65. The van der Waals surface area contributed by atoms with Gasteiger partial charge in [-0.3, -0.25) is 11.3 Å². The van der Waals surface area contributed by atoms with E-state index in [4.69, 9.17) is 5.84 Å². The van der Waals surface area contributed by atoms with Crippen molar-refractivity contribution < 1.29 is 0 Å². The Hall–Kier alpha value is -0.380. The van der Waals surface area contributed by atoms with E-state index in [1.807, 2.05) is 6.92 Å². The summed E-state index contributed by atoms with van der Waals surface area (Å²) in [5, 5.41) is 0. The van der Waals surface area contributed by atoms with Gasteiger partial charge in [-0.15, -0.1) is 0 Å². The molecule has 66 valence electrons. The van der Waals surface area contributed by atoms with Crippen LogP contribution in [0.5, 0.6) is 0 Å². The van der Waals surface area contributed by atoms with E-state index in [0.717, 1.165) is 4.47 Å². The molecule has 0 aliphatic carbocycles. The van der Waals surface area contributed by atoms with Crippen LogP contribution in [0.3, 0.4) is 0 Å². The Morgan fingerprint density at radius 2 is 2.17 bits per heavy atom. The summed E-state index contributed by atoms with van der Waals surface area (Å²) in [4.78, 5) is 0. The number of nitrogens with two attached hydrogens (primary N) is 1. The predicted molar refractivity (Wildman–Crippen MR) is 54.6 cm³/mol. The molecule has 0 amide bonds. The molecule has 1 aromatic carbocycles. The summed E-state index contributed by atoms with van der Waals surface area (Å²) in [6.07, 6.45) is 0. The number of halogens is 1. The van der Waals surface area contributed by atoms with E-state index in [0.29, 0.717) is 0 Å². The second kappa shape index (κ2) is 4.03. The van der Waals surface area contributed by atoms with Gasteiger partial charge in [0.25, 0.3) is 0 Å². The van der Waals surface area contributed by atoms with Crippen molar-refractivity contribution in [3.63, 3.8) is 0 Å². The monoisotopic (exact) mass is 228 g/mol. The van der Waals surface area contributed by atoms with Crippen molar-refractivity contribution in [2.45, 2.75) is 19.9 Å². The molecule has 0 saturated carbocycles. The Balaban J connectivity index is 2.96. The SMILES string of the molecule is Cc1ccc(C(C)NN)cc1Br. The van der Waals surface area contributed by atoms with Crippen LogP contribution in [0.2, 0.25) is 0 Å². The van der Waals surface area contributed by atoms with Gasteiger partial charge in [0.1, 0.15) is 0 Å². The van der Waals surface area contributed by atoms with Gasteiger partial charge in [0, 0.05) is 10.5 Å². The average molecular weight is 229 g/mol. The summed E-state index contributed by atoms with van der Waals surface area (Å²) in [6, 6.07) is 6.43. The largest absolute Gasteiger partial charge is 0.271 e. The first kappa shape index (κ1) is 9.71. The van der Waals surface area contributed by atoms with Gasteiger partial charge in [-0.2, -0.15) is 0 Å². The van der Waals surface area contributed by atoms with Gasteiger partial charge in [-0.1, -0.05) is 28.1 Å². The van der Waals surface area contributed by atoms with Crippen LogP contribution in [0.25, 0.3) is 0 Å². The number of aryl methyl sites for hydroxylation is 1. The summed E-state index contributed by atoms with van der Waals surface area (Å²) in [5.41, 5.74) is 5.14. The van der Waals surface area contributed by atoms with E-state index in [2.05, 4.69) is 46.5 Å². The molecule has 1 aromatic rings. The van der Waals surface area contributed by atoms with Gasteiger partial charge in [0.15, 0.2) is 0 Å². The lowest BCUT2D eigenvalue weighted by molar-refractivity contribution is 0.602. The molecule has 2 nitrogen and oxygen atoms in total. The van der Waals surface area contributed by atoms with Crippen LogP contribution in [0.4, 0.5) is 0 Å². The lowest BCUT2D eigenvalue weighted by atomic mass is 10.1. The number of hydrogen-bond acceptors (Lipinski definition) is 2. The normalized spacial score (nSPS) is 13.0. The lowest BCUT2D eigenvalue weighted by Gasteiger charge is -2.11. The van der Waals surface area contributed by atoms with Gasteiger partial charge in [0.05, 0.1) is 0 Å². The van der Waals surface area contributed by atoms with E-state index in [9.17, 15) is 0 Å². The zero-order valence-electron chi connectivity index (χ0n) is 7.26. The minimum absolute atomic E-state index is 0.196. The predicted octanol–water partition coefficient (Wildman–Crippen LogP) is 2.28. The second-order valence-electron chi connectivity index (χ2n) is 2.90. The van der Waals surface area contributed by atoms with Crippen LogP contribution in [-0.4, -0.2) is 0 Å². The number of hydrazine groups is 1. The zero-order chi connectivity index (χ0) is 9.14. The topological polar surface area (TPSA) is 38.0 Å². The molecule has 0 aromatic heterocycles. The molecule has 0 bridgehead atoms. The van der Waals surface area contributed by atoms with Crippen molar-refractivity contribution in [2.75, 3.05) is 0 Å². The highest BCUT2D eigenvalue weighted by Gasteiger charge is 2.03. The second-order valence-corrected chi connectivity index (χ2v) is 3.75. The fourth-order valence-electron chi connectivity index (χ4n) is 0.975. The van der Waals surface area contributed by atoms with Gasteiger partial charge in [0.2, 0.25) is 0 Å². The molecule has 1 rings (SSSR count). The molecule has 0 aliphatic heterocycles. The van der Waals surface area contributed by atoms with Crippen molar-refractivity contribution in [3.05, 3.63) is 33.8 Å². The van der Waals surface area contributed by atoms with Crippen molar-refractivity contribution >= 4 is 15.9 Å². The van der Waals surface area contributed by atoms with E-state index in [1.54, 1.807) is 0 Å². The third kappa shape index (κ3) is 2.06. The number of hydrogen-bond donors (Lipinski definition) is 2. The smallest absolute Gasteiger partial charge is 0.0432 e. The minimum Gasteiger partial charge on any atom is -0.271 e. The highest BCUT2D eigenvalue weighted by molar-refractivity contribution is 9.10. The minimum atomic E-state index is 0.196. The van der Waals surface area contributed by atoms with Gasteiger partial charge >= 0.3 is 0 Å². The molecule has 1 unspecified atom stereocenters. The van der Waals surface area contributed by atoms with Crippen LogP contribution in [0.1, 0.15) is 24.1 Å². The molecule has 0 spiro atoms. The number of nitrogens with one attached hydrogen (secondary N) is 1. The van der Waals surface area contributed by atoms with Crippen LogP contribution < -0.4 is 11.3 Å². The van der Waals surface area contributed by atoms with Gasteiger partial charge in [-0.25, -0.2) is 0 Å². The average Bonchev–Trinajstić information content (AvgIpc) is 2.08. The molecule has 0 aliphatic rings. The standard InChI is InChI=1S/C9H13BrN2/c1-6-3-4-8(5-9(6)10)7(2)12-11/h3-5,7,12H,11H2,1-2H3. The summed E-state index contributed by atoms with van der Waals surface area (Å²) in [5.74, 6) is 5.33. The quantitative estimate of drug-likeness (QED) is 0.603. The molecular weight excluding hydrogens is 216 g/mol. The molecule has 12 heavy (non-hydrogen) atoms. The molecule has 0 radical (unpaired) electrons. The van der Waals surface area contributed by atoms with Gasteiger partial charge < -0.3 is 0 Å². The maximum absolute atomic E-state index is 5.33. The maximum atomic E-state index is 5.33. The van der Waals surface area contributed by atoms with E-state index in [-0.39, 0.29) is 6.04 Å². The molecule has 0 heterocycles. The van der Waals surface area contributed by atoms with Crippen LogP contribution >= 0.6 is 15.9 Å². The summed E-state index contributed by atoms with van der Waals surface area (Å²) in [6.45, 7) is 4.09. The Morgan fingerprint density at radius 3 is 2.67 bits per heavy atom. The number of rotatable bonds is 2. The fraction of sp³-hybridized carbons (Fsp3) is 0.333. The van der Waals surface area contributed by atoms with Gasteiger partial charge in [-0.05, 0) is 31.0 Å². The Labute approximate surface area is 81.3 Å². The van der Waals surface area contributed by atoms with Crippen LogP contribution in [-0.2, 0) is 0 Å². The Kier molecular flexibility index (Phi) is 3.26. The summed E-state index contributed by atoms with van der Waals surface area (Å²) in [7, 11) is 0. The lowest BCUT2D eigenvalue weighted by Crippen LogP contribution is -2.25. The number of benzene rings is 1. The highest BCUT2D eigenvalue weighted by atomic mass is 79.9. The Morgan fingerprint density at radius 1 is 1.50 bits per heavy atom. The first-order valence-electron chi connectivity index (χ1n) is 3.87. The van der Waals surface area contributed by atoms with Crippen molar-refractivity contribution in [3.8, 4) is 0 Å². The summed E-state index contributed by atoms with van der Waals surface area (Å²) < 4.78 is 1.13. The third-order valence-corrected chi connectivity index (χ3v) is 2.80. The van der Waals surface area contributed by atoms with E-state index >= 15 is 0 Å². The molecule has 0 saturated heterocycles. The van der Waals surface area contributed by atoms with Crippen LogP contribution in [0.15, 0.2) is 22.7 Å². The maximum Gasteiger partial charge on any atom is 0.0432 e. The third-order valence-electron chi connectivity index (χ3n) is 1.95.